The van der Waals surface area contributed by atoms with Crippen molar-refractivity contribution in [2.75, 3.05) is 13.7 Å². The third kappa shape index (κ3) is 6.89. The molecule has 1 aliphatic heterocycles. The molecule has 1 saturated heterocycles. The number of carboxylic acids is 1. The first-order chi connectivity index (χ1) is 20.5. The highest BCUT2D eigenvalue weighted by atomic mass is 16.6. The van der Waals surface area contributed by atoms with E-state index >= 15 is 0 Å². The number of methoxy groups -OCH3 is 1. The van der Waals surface area contributed by atoms with Gasteiger partial charge in [-0.3, -0.25) is 9.59 Å². The molecule has 1 aromatic heterocycles. The van der Waals surface area contributed by atoms with Gasteiger partial charge >= 0.3 is 12.1 Å². The van der Waals surface area contributed by atoms with Gasteiger partial charge in [-0.05, 0) is 44.7 Å². The van der Waals surface area contributed by atoms with Gasteiger partial charge in [0.15, 0.2) is 0 Å². The Morgan fingerprint density at radius 1 is 1.16 bits per heavy atom. The average molecular weight is 611 g/mol. The number of para-hydroxylation sites is 1. The molecule has 1 aliphatic carbocycles. The SMILES string of the molecule is C=C[C@H]1CC1(NC(=O)[C@@H]1C[C@@H](Oc2cc(OC)nc3ccccc23)CN1C(=O)[C@@H](NC(=O)OC(C)(C)C)C(C)(C)C)C(=O)O. The van der Waals surface area contributed by atoms with Crippen molar-refractivity contribution in [2.24, 2.45) is 11.3 Å². The standard InChI is InChI=1S/C32H42N4O8/c1-9-18-16-32(18,28(39)40)35-26(37)22-14-19(43-23-15-24(42-8)33-21-13-11-10-12-20(21)23)17-36(22)27(38)25(30(2,3)4)34-29(41)44-31(5,6)7/h9-13,15,18-19,22,25H,1,14,16-17H2,2-8H3,(H,34,41)(H,35,37)(H,39,40)/t18-,19+,22-,25+,32?/m0/s1. The minimum atomic E-state index is -1.49. The number of alkyl carbamates (subject to hydrolysis) is 1. The predicted molar refractivity (Wildman–Crippen MR) is 162 cm³/mol. The topological polar surface area (TPSA) is 156 Å². The number of aromatic nitrogens is 1. The molecule has 5 atom stereocenters. The Balaban J connectivity index is 1.67. The van der Waals surface area contributed by atoms with Crippen LogP contribution in [-0.4, -0.2) is 81.8 Å². The maximum atomic E-state index is 14.2. The number of amides is 3. The molecule has 238 valence electrons. The van der Waals surface area contributed by atoms with E-state index in [4.69, 9.17) is 14.2 Å². The van der Waals surface area contributed by atoms with Crippen LogP contribution in [0.5, 0.6) is 11.6 Å². The van der Waals surface area contributed by atoms with Crippen LogP contribution >= 0.6 is 0 Å². The van der Waals surface area contributed by atoms with Crippen molar-refractivity contribution in [3.05, 3.63) is 43.0 Å². The summed E-state index contributed by atoms with van der Waals surface area (Å²) in [6.07, 6.45) is 0.355. The van der Waals surface area contributed by atoms with Crippen molar-refractivity contribution in [1.82, 2.24) is 20.5 Å². The lowest BCUT2D eigenvalue weighted by Crippen LogP contribution is -2.59. The van der Waals surface area contributed by atoms with Crippen molar-refractivity contribution in [2.45, 2.75) is 83.7 Å². The average Bonchev–Trinajstić information content (AvgIpc) is 3.49. The number of carbonyl (C=O) groups excluding carboxylic acids is 3. The van der Waals surface area contributed by atoms with E-state index in [0.717, 1.165) is 5.39 Å². The first-order valence-electron chi connectivity index (χ1n) is 14.6. The molecule has 3 amide bonds. The highest BCUT2D eigenvalue weighted by Gasteiger charge is 2.61. The number of hydrogen-bond donors (Lipinski definition) is 3. The maximum Gasteiger partial charge on any atom is 0.408 e. The van der Waals surface area contributed by atoms with Gasteiger partial charge in [0.1, 0.15) is 35.1 Å². The molecular weight excluding hydrogens is 568 g/mol. The monoisotopic (exact) mass is 610 g/mol. The summed E-state index contributed by atoms with van der Waals surface area (Å²) in [6.45, 7) is 14.2. The zero-order valence-corrected chi connectivity index (χ0v) is 26.3. The Labute approximate surface area is 257 Å². The lowest BCUT2D eigenvalue weighted by atomic mass is 9.85. The molecule has 0 spiro atoms. The van der Waals surface area contributed by atoms with Crippen LogP contribution in [0.25, 0.3) is 10.9 Å². The summed E-state index contributed by atoms with van der Waals surface area (Å²) in [7, 11) is 1.49. The Morgan fingerprint density at radius 2 is 1.84 bits per heavy atom. The number of hydrogen-bond acceptors (Lipinski definition) is 8. The van der Waals surface area contributed by atoms with Crippen LogP contribution in [0.15, 0.2) is 43.0 Å². The van der Waals surface area contributed by atoms with Crippen molar-refractivity contribution in [3.8, 4) is 11.6 Å². The van der Waals surface area contributed by atoms with E-state index in [1.165, 1.54) is 18.1 Å². The second kappa shape index (κ2) is 12.0. The minimum Gasteiger partial charge on any atom is -0.488 e. The first-order valence-corrected chi connectivity index (χ1v) is 14.6. The van der Waals surface area contributed by atoms with Crippen molar-refractivity contribution in [3.63, 3.8) is 0 Å². The summed E-state index contributed by atoms with van der Waals surface area (Å²) in [5.41, 5.74) is -2.41. The van der Waals surface area contributed by atoms with Crippen LogP contribution < -0.4 is 20.1 Å². The molecule has 0 radical (unpaired) electrons. The highest BCUT2D eigenvalue weighted by molar-refractivity contribution is 5.96. The molecule has 2 fully saturated rings. The number of fused-ring (bicyclic) bond motifs is 1. The van der Waals surface area contributed by atoms with E-state index in [-0.39, 0.29) is 19.4 Å². The minimum absolute atomic E-state index is 0.00339. The second-order valence-corrected chi connectivity index (χ2v) is 13.4. The molecule has 2 aromatic rings. The highest BCUT2D eigenvalue weighted by Crippen LogP contribution is 2.45. The van der Waals surface area contributed by atoms with Gasteiger partial charge in [0.05, 0.1) is 19.2 Å². The van der Waals surface area contributed by atoms with E-state index in [1.54, 1.807) is 47.6 Å². The second-order valence-electron chi connectivity index (χ2n) is 13.4. The fourth-order valence-electron chi connectivity index (χ4n) is 5.44. The van der Waals surface area contributed by atoms with Crippen LogP contribution in [0.1, 0.15) is 54.4 Å². The van der Waals surface area contributed by atoms with Crippen molar-refractivity contribution >= 4 is 34.8 Å². The molecule has 12 nitrogen and oxygen atoms in total. The summed E-state index contributed by atoms with van der Waals surface area (Å²) in [5, 5.41) is 16.0. The first kappa shape index (κ1) is 32.6. The third-order valence-electron chi connectivity index (χ3n) is 7.81. The summed E-state index contributed by atoms with van der Waals surface area (Å²) < 4.78 is 17.2. The van der Waals surface area contributed by atoms with E-state index in [0.29, 0.717) is 17.1 Å². The molecule has 0 bridgehead atoms. The number of nitrogens with zero attached hydrogens (tertiary/aromatic N) is 2. The van der Waals surface area contributed by atoms with E-state index in [1.807, 2.05) is 24.3 Å². The van der Waals surface area contributed by atoms with Gasteiger partial charge in [0.25, 0.3) is 0 Å². The van der Waals surface area contributed by atoms with E-state index < -0.39 is 64.5 Å². The zero-order chi connectivity index (χ0) is 32.6. The number of pyridine rings is 1. The molecule has 3 N–H and O–H groups in total. The quantitative estimate of drug-likeness (QED) is 0.361. The normalized spacial score (nSPS) is 23.8. The fraction of sp³-hybridized carbons (Fsp3) is 0.531. The molecule has 1 aromatic carbocycles. The summed E-state index contributed by atoms with van der Waals surface area (Å²) in [6, 6.07) is 6.85. The van der Waals surface area contributed by atoms with E-state index in [2.05, 4.69) is 22.2 Å². The Bertz CT molecular complexity index is 1460. The van der Waals surface area contributed by atoms with Gasteiger partial charge in [-0.15, -0.1) is 6.58 Å². The van der Waals surface area contributed by atoms with Crippen LogP contribution in [0, 0.1) is 11.3 Å². The van der Waals surface area contributed by atoms with Crippen LogP contribution in [-0.2, 0) is 19.1 Å². The molecule has 4 rings (SSSR count). The number of nitrogens with one attached hydrogen (secondary N) is 2. The number of benzene rings is 1. The van der Waals surface area contributed by atoms with Gasteiger partial charge in [0.2, 0.25) is 17.7 Å². The molecule has 2 aliphatic rings. The summed E-state index contributed by atoms with van der Waals surface area (Å²) >= 11 is 0. The predicted octanol–water partition coefficient (Wildman–Crippen LogP) is 3.68. The van der Waals surface area contributed by atoms with Gasteiger partial charge < -0.3 is 34.9 Å². The lowest BCUT2D eigenvalue weighted by molar-refractivity contribution is -0.146. The van der Waals surface area contributed by atoms with Gasteiger partial charge in [-0.1, -0.05) is 39.0 Å². The van der Waals surface area contributed by atoms with Crippen molar-refractivity contribution < 1.29 is 38.5 Å². The molecule has 12 heteroatoms. The lowest BCUT2D eigenvalue weighted by Gasteiger charge is -2.35. The summed E-state index contributed by atoms with van der Waals surface area (Å²) in [5.74, 6) is -1.96. The number of ether oxygens (including phenoxy) is 3. The molecule has 2 heterocycles. The molecular formula is C32H42N4O8. The zero-order valence-electron chi connectivity index (χ0n) is 26.3. The van der Waals surface area contributed by atoms with Crippen molar-refractivity contribution in [1.29, 1.82) is 0 Å². The smallest absolute Gasteiger partial charge is 0.408 e. The largest absolute Gasteiger partial charge is 0.488 e. The van der Waals surface area contributed by atoms with E-state index in [9.17, 15) is 24.3 Å². The number of likely N-dealkylation sites (tertiary alicyclic amines) is 1. The van der Waals surface area contributed by atoms with Crippen LogP contribution in [0.4, 0.5) is 4.79 Å². The summed E-state index contributed by atoms with van der Waals surface area (Å²) in [4.78, 5) is 58.7. The van der Waals surface area contributed by atoms with Gasteiger partial charge in [-0.2, -0.15) is 0 Å². The third-order valence-corrected chi connectivity index (χ3v) is 7.81. The van der Waals surface area contributed by atoms with Gasteiger partial charge in [0, 0.05) is 23.8 Å². The number of carbonyl (C=O) groups is 4. The molecule has 44 heavy (non-hydrogen) atoms. The fourth-order valence-corrected chi connectivity index (χ4v) is 5.44. The Kier molecular flexibility index (Phi) is 8.86. The molecule has 1 saturated carbocycles. The van der Waals surface area contributed by atoms with Crippen LogP contribution in [0.3, 0.4) is 0 Å². The number of rotatable bonds is 9. The van der Waals surface area contributed by atoms with Gasteiger partial charge in [-0.25, -0.2) is 14.6 Å². The molecule has 1 unspecified atom stereocenters. The number of carboxylic acid groups (broad SMARTS) is 1. The Hall–Kier alpha value is -4.35. The Morgan fingerprint density at radius 3 is 2.41 bits per heavy atom. The van der Waals surface area contributed by atoms with Crippen LogP contribution in [0.2, 0.25) is 0 Å². The number of aliphatic carboxylic acids is 1. The maximum absolute atomic E-state index is 14.2.